The third kappa shape index (κ3) is 1.94. The average Bonchev–Trinajstić information content (AvgIpc) is 2.55. The Kier molecular flexibility index (Phi) is 3.20. The number of halogens is 2. The van der Waals surface area contributed by atoms with Crippen molar-refractivity contribution in [2.75, 3.05) is 12.0 Å². The van der Waals surface area contributed by atoms with Gasteiger partial charge in [-0.25, -0.2) is 9.50 Å². The standard InChI is InChI=1S/C8H8F2N4S2/c1-15-8-12-3-2-4-5(16-7(9)10)6(11)13-14(4)8/h2-3,7H,1H3,(H2,11,13). The van der Waals surface area contributed by atoms with Crippen LogP contribution < -0.4 is 5.73 Å². The van der Waals surface area contributed by atoms with Crippen molar-refractivity contribution < 1.29 is 8.78 Å². The van der Waals surface area contributed by atoms with Crippen molar-refractivity contribution in [2.45, 2.75) is 15.8 Å². The summed E-state index contributed by atoms with van der Waals surface area (Å²) in [5, 5.41) is 4.61. The molecule has 2 N–H and O–H groups in total. The maximum atomic E-state index is 12.3. The van der Waals surface area contributed by atoms with Crippen LogP contribution in [0.5, 0.6) is 0 Å². The Morgan fingerprint density at radius 2 is 2.25 bits per heavy atom. The summed E-state index contributed by atoms with van der Waals surface area (Å²) in [6.07, 6.45) is 3.39. The van der Waals surface area contributed by atoms with Crippen LogP contribution in [0.25, 0.3) is 5.52 Å². The SMILES string of the molecule is CSc1nccc2c(SC(F)F)c(N)nn12. The number of thioether (sulfide) groups is 2. The molecule has 0 atom stereocenters. The van der Waals surface area contributed by atoms with Crippen LogP contribution in [0.15, 0.2) is 22.3 Å². The van der Waals surface area contributed by atoms with Gasteiger partial charge in [-0.15, -0.1) is 5.10 Å². The van der Waals surface area contributed by atoms with E-state index in [4.69, 9.17) is 5.73 Å². The highest BCUT2D eigenvalue weighted by molar-refractivity contribution is 8.00. The lowest BCUT2D eigenvalue weighted by Gasteiger charge is -2.00. The van der Waals surface area contributed by atoms with Gasteiger partial charge in [-0.1, -0.05) is 11.8 Å². The molecule has 2 heterocycles. The molecule has 0 bridgehead atoms. The topological polar surface area (TPSA) is 56.2 Å². The minimum Gasteiger partial charge on any atom is -0.381 e. The molecule has 2 aromatic rings. The van der Waals surface area contributed by atoms with Gasteiger partial charge >= 0.3 is 0 Å². The summed E-state index contributed by atoms with van der Waals surface area (Å²) < 4.78 is 26.2. The van der Waals surface area contributed by atoms with Crippen molar-refractivity contribution in [3.63, 3.8) is 0 Å². The monoisotopic (exact) mass is 262 g/mol. The summed E-state index contributed by atoms with van der Waals surface area (Å²) in [6.45, 7) is 0. The number of hydrogen-bond acceptors (Lipinski definition) is 5. The molecule has 2 aromatic heterocycles. The summed E-state index contributed by atoms with van der Waals surface area (Å²) in [5.74, 6) is -2.41. The number of rotatable bonds is 3. The van der Waals surface area contributed by atoms with Crippen LogP contribution in [0.4, 0.5) is 14.6 Å². The maximum Gasteiger partial charge on any atom is 0.289 e. The first kappa shape index (κ1) is 11.5. The fourth-order valence-electron chi connectivity index (χ4n) is 1.30. The number of aromatic nitrogens is 3. The lowest BCUT2D eigenvalue weighted by atomic mass is 10.5. The zero-order valence-corrected chi connectivity index (χ0v) is 9.86. The molecule has 0 amide bonds. The Labute approximate surface area is 98.6 Å². The first-order valence-corrected chi connectivity index (χ1v) is 6.36. The fraction of sp³-hybridized carbons (Fsp3) is 0.250. The van der Waals surface area contributed by atoms with E-state index in [1.54, 1.807) is 12.3 Å². The number of fused-ring (bicyclic) bond motifs is 1. The van der Waals surface area contributed by atoms with Crippen LogP contribution >= 0.6 is 23.5 Å². The molecule has 0 saturated heterocycles. The predicted molar refractivity (Wildman–Crippen MR) is 61.0 cm³/mol. The highest BCUT2D eigenvalue weighted by atomic mass is 32.2. The Morgan fingerprint density at radius 1 is 1.50 bits per heavy atom. The summed E-state index contributed by atoms with van der Waals surface area (Å²) in [6, 6.07) is 1.62. The number of nitrogens with zero attached hydrogens (tertiary/aromatic N) is 3. The van der Waals surface area contributed by atoms with E-state index in [2.05, 4.69) is 10.1 Å². The first-order valence-electron chi connectivity index (χ1n) is 4.25. The molecule has 0 aliphatic rings. The van der Waals surface area contributed by atoms with Gasteiger partial charge in [0.2, 0.25) is 0 Å². The molecule has 0 aliphatic heterocycles. The van der Waals surface area contributed by atoms with Crippen molar-refractivity contribution in [1.82, 2.24) is 14.6 Å². The van der Waals surface area contributed by atoms with Gasteiger partial charge in [0.15, 0.2) is 11.0 Å². The van der Waals surface area contributed by atoms with Crippen LogP contribution in [0.3, 0.4) is 0 Å². The third-order valence-electron chi connectivity index (χ3n) is 1.89. The molecular formula is C8H8F2N4S2. The molecule has 8 heteroatoms. The molecule has 0 unspecified atom stereocenters. The lowest BCUT2D eigenvalue weighted by molar-refractivity contribution is 0.252. The number of nitrogen functional groups attached to an aromatic ring is 1. The first-order chi connectivity index (χ1) is 7.63. The quantitative estimate of drug-likeness (QED) is 0.679. The van der Waals surface area contributed by atoms with Gasteiger partial charge in [0, 0.05) is 6.20 Å². The van der Waals surface area contributed by atoms with Gasteiger partial charge < -0.3 is 5.73 Å². The van der Waals surface area contributed by atoms with Gasteiger partial charge in [-0.3, -0.25) is 0 Å². The van der Waals surface area contributed by atoms with E-state index in [1.807, 2.05) is 6.26 Å². The maximum absolute atomic E-state index is 12.3. The summed E-state index contributed by atoms with van der Waals surface area (Å²) in [5.41, 5.74) is 6.16. The van der Waals surface area contributed by atoms with E-state index < -0.39 is 5.76 Å². The minimum absolute atomic E-state index is 0.105. The van der Waals surface area contributed by atoms with Gasteiger partial charge in [0.1, 0.15) is 0 Å². The second-order valence-electron chi connectivity index (χ2n) is 2.82. The molecule has 0 spiro atoms. The summed E-state index contributed by atoms with van der Waals surface area (Å²) in [4.78, 5) is 4.37. The highest BCUT2D eigenvalue weighted by Crippen LogP contribution is 2.34. The van der Waals surface area contributed by atoms with Crippen molar-refractivity contribution in [3.05, 3.63) is 12.3 Å². The van der Waals surface area contributed by atoms with Crippen molar-refractivity contribution in [1.29, 1.82) is 0 Å². The van der Waals surface area contributed by atoms with E-state index in [0.29, 0.717) is 27.3 Å². The molecule has 0 saturated carbocycles. The van der Waals surface area contributed by atoms with Gasteiger partial charge in [0.05, 0.1) is 10.4 Å². The summed E-state index contributed by atoms with van der Waals surface area (Å²) >= 11 is 1.78. The van der Waals surface area contributed by atoms with Gasteiger partial charge in [0.25, 0.3) is 5.76 Å². The normalized spacial score (nSPS) is 11.5. The number of nitrogens with two attached hydrogens (primary N) is 1. The van der Waals surface area contributed by atoms with E-state index in [1.165, 1.54) is 16.3 Å². The second-order valence-corrected chi connectivity index (χ2v) is 4.60. The Balaban J connectivity index is 2.61. The second kappa shape index (κ2) is 4.46. The molecule has 16 heavy (non-hydrogen) atoms. The molecule has 4 nitrogen and oxygen atoms in total. The zero-order valence-electron chi connectivity index (χ0n) is 8.22. The minimum atomic E-state index is -2.51. The Bertz CT molecular complexity index is 514. The highest BCUT2D eigenvalue weighted by Gasteiger charge is 2.17. The fourth-order valence-corrected chi connectivity index (χ4v) is 2.40. The molecule has 0 aromatic carbocycles. The van der Waals surface area contributed by atoms with Crippen molar-refractivity contribution in [3.8, 4) is 0 Å². The number of hydrogen-bond donors (Lipinski definition) is 1. The van der Waals surface area contributed by atoms with E-state index in [0.717, 1.165) is 0 Å². The molecule has 2 rings (SSSR count). The van der Waals surface area contributed by atoms with Gasteiger partial charge in [-0.05, 0) is 24.1 Å². The van der Waals surface area contributed by atoms with E-state index >= 15 is 0 Å². The van der Waals surface area contributed by atoms with Crippen molar-refractivity contribution >= 4 is 34.9 Å². The lowest BCUT2D eigenvalue weighted by Crippen LogP contribution is -1.95. The Morgan fingerprint density at radius 3 is 2.88 bits per heavy atom. The van der Waals surface area contributed by atoms with Crippen LogP contribution in [-0.2, 0) is 0 Å². The smallest absolute Gasteiger partial charge is 0.289 e. The van der Waals surface area contributed by atoms with Crippen LogP contribution in [-0.4, -0.2) is 26.6 Å². The van der Waals surface area contributed by atoms with E-state index in [9.17, 15) is 8.78 Å². The molecule has 86 valence electrons. The predicted octanol–water partition coefficient (Wildman–Crippen LogP) is 2.35. The number of alkyl halides is 2. The molecular weight excluding hydrogens is 254 g/mol. The summed E-state index contributed by atoms with van der Waals surface area (Å²) in [7, 11) is 0. The van der Waals surface area contributed by atoms with Crippen molar-refractivity contribution in [2.24, 2.45) is 0 Å². The van der Waals surface area contributed by atoms with Gasteiger partial charge in [-0.2, -0.15) is 8.78 Å². The molecule has 0 aliphatic carbocycles. The third-order valence-corrected chi connectivity index (χ3v) is 3.36. The number of anilines is 1. The molecule has 0 fully saturated rings. The van der Waals surface area contributed by atoms with Crippen LogP contribution in [0.2, 0.25) is 0 Å². The van der Waals surface area contributed by atoms with Crippen LogP contribution in [0.1, 0.15) is 0 Å². The molecule has 0 radical (unpaired) electrons. The van der Waals surface area contributed by atoms with E-state index in [-0.39, 0.29) is 5.82 Å². The zero-order chi connectivity index (χ0) is 11.7. The largest absolute Gasteiger partial charge is 0.381 e. The average molecular weight is 262 g/mol. The Hall–Kier alpha value is -1.02. The van der Waals surface area contributed by atoms with Crippen LogP contribution in [0, 0.1) is 0 Å².